The van der Waals surface area contributed by atoms with Gasteiger partial charge in [-0.25, -0.2) is 0 Å². The van der Waals surface area contributed by atoms with Crippen LogP contribution in [0.2, 0.25) is 0 Å². The van der Waals surface area contributed by atoms with E-state index in [0.717, 1.165) is 12.0 Å². The molecule has 1 unspecified atom stereocenters. The van der Waals surface area contributed by atoms with E-state index in [-0.39, 0.29) is 18.2 Å². The lowest BCUT2D eigenvalue weighted by atomic mass is 10.1. The summed E-state index contributed by atoms with van der Waals surface area (Å²) >= 11 is 0. The van der Waals surface area contributed by atoms with Crippen LogP contribution in [0.25, 0.3) is 11.3 Å². The maximum Gasteiger partial charge on any atom is 0.247 e. The number of rotatable bonds is 6. The molecule has 1 atom stereocenters. The molecule has 2 aromatic carbocycles. The van der Waals surface area contributed by atoms with Crippen LogP contribution in [0, 0.1) is 0 Å². The van der Waals surface area contributed by atoms with Gasteiger partial charge in [-0.3, -0.25) is 9.59 Å². The summed E-state index contributed by atoms with van der Waals surface area (Å²) in [7, 11) is 1.59. The van der Waals surface area contributed by atoms with Crippen LogP contribution < -0.4 is 10.1 Å². The van der Waals surface area contributed by atoms with E-state index in [1.54, 1.807) is 42.3 Å². The Hall–Kier alpha value is -3.61. The third-order valence-electron chi connectivity index (χ3n) is 5.18. The molecule has 2 heterocycles. The second-order valence-electron chi connectivity index (χ2n) is 7.19. The van der Waals surface area contributed by atoms with Gasteiger partial charge in [0.1, 0.15) is 11.8 Å². The standard InChI is InChI=1S/C23H23N3O4/c1-29-19-11-9-17(10-12-19)24-23(28)20-8-5-13-26(20)22(27)15-18-14-21(30-25-18)16-6-3-2-4-7-16/h2-4,6-7,9-12,14,20H,5,8,13,15H2,1H3,(H,24,28). The number of ether oxygens (including phenoxy) is 1. The van der Waals surface area contributed by atoms with E-state index in [2.05, 4.69) is 10.5 Å². The molecule has 0 bridgehead atoms. The molecule has 3 aromatic rings. The van der Waals surface area contributed by atoms with Gasteiger partial charge < -0.3 is 19.5 Å². The summed E-state index contributed by atoms with van der Waals surface area (Å²) in [6, 6.07) is 18.0. The molecule has 7 heteroatoms. The van der Waals surface area contributed by atoms with E-state index >= 15 is 0 Å². The zero-order valence-corrected chi connectivity index (χ0v) is 16.7. The van der Waals surface area contributed by atoms with E-state index in [4.69, 9.17) is 9.26 Å². The summed E-state index contributed by atoms with van der Waals surface area (Å²) in [5.74, 6) is 1.02. The number of nitrogens with one attached hydrogen (secondary N) is 1. The van der Waals surface area contributed by atoms with Gasteiger partial charge >= 0.3 is 0 Å². The lowest BCUT2D eigenvalue weighted by Crippen LogP contribution is -2.43. The topological polar surface area (TPSA) is 84.7 Å². The van der Waals surface area contributed by atoms with E-state index in [9.17, 15) is 9.59 Å². The molecule has 4 rings (SSSR count). The molecule has 154 valence electrons. The molecule has 0 radical (unpaired) electrons. The van der Waals surface area contributed by atoms with Crippen molar-refractivity contribution in [3.8, 4) is 17.1 Å². The molecule has 0 saturated carbocycles. The molecule has 30 heavy (non-hydrogen) atoms. The highest BCUT2D eigenvalue weighted by Crippen LogP contribution is 2.23. The monoisotopic (exact) mass is 405 g/mol. The number of carbonyl (C=O) groups is 2. The number of aromatic nitrogens is 1. The van der Waals surface area contributed by atoms with Crippen LogP contribution in [0.1, 0.15) is 18.5 Å². The first-order chi connectivity index (χ1) is 14.6. The van der Waals surface area contributed by atoms with Gasteiger partial charge in [0.25, 0.3) is 0 Å². The van der Waals surface area contributed by atoms with Crippen LogP contribution in [0.15, 0.2) is 65.2 Å². The van der Waals surface area contributed by atoms with E-state index in [1.165, 1.54) is 0 Å². The van der Waals surface area contributed by atoms with Crippen molar-refractivity contribution in [1.29, 1.82) is 0 Å². The SMILES string of the molecule is COc1ccc(NC(=O)C2CCCN2C(=O)Cc2cc(-c3ccccc3)on2)cc1. The normalized spacial score (nSPS) is 15.8. The maximum absolute atomic E-state index is 12.9. The van der Waals surface area contributed by atoms with Gasteiger partial charge in [0, 0.05) is 23.9 Å². The van der Waals surface area contributed by atoms with Gasteiger partial charge in [-0.15, -0.1) is 0 Å². The van der Waals surface area contributed by atoms with Gasteiger partial charge in [-0.05, 0) is 37.1 Å². The number of hydrogen-bond acceptors (Lipinski definition) is 5. The maximum atomic E-state index is 12.9. The van der Waals surface area contributed by atoms with Gasteiger partial charge in [-0.2, -0.15) is 0 Å². The van der Waals surface area contributed by atoms with Crippen molar-refractivity contribution in [3.05, 3.63) is 66.4 Å². The highest BCUT2D eigenvalue weighted by molar-refractivity contribution is 5.97. The number of likely N-dealkylation sites (tertiary alicyclic amines) is 1. The van der Waals surface area contributed by atoms with Crippen molar-refractivity contribution >= 4 is 17.5 Å². The van der Waals surface area contributed by atoms with E-state index in [0.29, 0.717) is 35.9 Å². The van der Waals surface area contributed by atoms with Gasteiger partial charge in [0.15, 0.2) is 5.76 Å². The van der Waals surface area contributed by atoms with E-state index < -0.39 is 6.04 Å². The van der Waals surface area contributed by atoms with Gasteiger partial charge in [0.2, 0.25) is 11.8 Å². The Morgan fingerprint density at radius 1 is 1.17 bits per heavy atom. The van der Waals surface area contributed by atoms with Crippen LogP contribution in [0.5, 0.6) is 5.75 Å². The number of amides is 2. The third-order valence-corrected chi connectivity index (χ3v) is 5.18. The Morgan fingerprint density at radius 3 is 2.67 bits per heavy atom. The first-order valence-corrected chi connectivity index (χ1v) is 9.89. The molecule has 1 aliphatic heterocycles. The smallest absolute Gasteiger partial charge is 0.247 e. The number of benzene rings is 2. The first-order valence-electron chi connectivity index (χ1n) is 9.89. The van der Waals surface area contributed by atoms with Crippen LogP contribution in [0.3, 0.4) is 0 Å². The molecular formula is C23H23N3O4. The number of anilines is 1. The molecule has 1 fully saturated rings. The van der Waals surface area contributed by atoms with Crippen molar-refractivity contribution in [2.24, 2.45) is 0 Å². The molecule has 7 nitrogen and oxygen atoms in total. The van der Waals surface area contributed by atoms with Gasteiger partial charge in [0.05, 0.1) is 19.2 Å². The minimum atomic E-state index is -0.486. The molecular weight excluding hydrogens is 382 g/mol. The molecule has 1 aliphatic rings. The predicted octanol–water partition coefficient (Wildman–Crippen LogP) is 3.52. The van der Waals surface area contributed by atoms with Crippen LogP contribution in [0.4, 0.5) is 5.69 Å². The number of nitrogens with zero attached hydrogens (tertiary/aromatic N) is 2. The summed E-state index contributed by atoms with van der Waals surface area (Å²) in [6.07, 6.45) is 1.53. The largest absolute Gasteiger partial charge is 0.497 e. The predicted molar refractivity (Wildman–Crippen MR) is 112 cm³/mol. The highest BCUT2D eigenvalue weighted by Gasteiger charge is 2.34. The number of carbonyl (C=O) groups excluding carboxylic acids is 2. The second-order valence-corrected chi connectivity index (χ2v) is 7.19. The highest BCUT2D eigenvalue weighted by atomic mass is 16.5. The molecule has 1 aromatic heterocycles. The lowest BCUT2D eigenvalue weighted by molar-refractivity contribution is -0.136. The third kappa shape index (κ3) is 4.35. The minimum Gasteiger partial charge on any atom is -0.497 e. The second kappa shape index (κ2) is 8.82. The molecule has 0 spiro atoms. The number of methoxy groups -OCH3 is 1. The zero-order valence-electron chi connectivity index (χ0n) is 16.7. The summed E-state index contributed by atoms with van der Waals surface area (Å²) in [6.45, 7) is 0.558. The summed E-state index contributed by atoms with van der Waals surface area (Å²) < 4.78 is 10.5. The van der Waals surface area contributed by atoms with Crippen LogP contribution in [-0.4, -0.2) is 41.6 Å². The quantitative estimate of drug-likeness (QED) is 0.678. The van der Waals surface area contributed by atoms with Crippen molar-refractivity contribution in [2.45, 2.75) is 25.3 Å². The fourth-order valence-corrected chi connectivity index (χ4v) is 3.63. The fraction of sp³-hybridized carbons (Fsp3) is 0.261. The first kappa shape index (κ1) is 19.7. The Balaban J connectivity index is 1.39. The fourth-order valence-electron chi connectivity index (χ4n) is 3.63. The average molecular weight is 405 g/mol. The average Bonchev–Trinajstić information content (AvgIpc) is 3.45. The summed E-state index contributed by atoms with van der Waals surface area (Å²) in [5.41, 5.74) is 2.13. The zero-order chi connectivity index (χ0) is 20.9. The molecule has 0 aliphatic carbocycles. The van der Waals surface area contributed by atoms with Crippen molar-refractivity contribution in [2.75, 3.05) is 19.0 Å². The van der Waals surface area contributed by atoms with E-state index in [1.807, 2.05) is 30.3 Å². The Bertz CT molecular complexity index is 1010. The Morgan fingerprint density at radius 2 is 1.93 bits per heavy atom. The Kier molecular flexibility index (Phi) is 5.79. The summed E-state index contributed by atoms with van der Waals surface area (Å²) in [4.78, 5) is 27.2. The molecule has 1 N–H and O–H groups in total. The van der Waals surface area contributed by atoms with Crippen LogP contribution in [-0.2, 0) is 16.0 Å². The Labute approximate surface area is 174 Å². The van der Waals surface area contributed by atoms with Crippen molar-refractivity contribution in [3.63, 3.8) is 0 Å². The van der Waals surface area contributed by atoms with Gasteiger partial charge in [-0.1, -0.05) is 35.5 Å². The molecule has 1 saturated heterocycles. The number of hydrogen-bond donors (Lipinski definition) is 1. The summed E-state index contributed by atoms with van der Waals surface area (Å²) in [5, 5.41) is 6.91. The van der Waals surface area contributed by atoms with Crippen molar-refractivity contribution < 1.29 is 18.8 Å². The van der Waals surface area contributed by atoms with Crippen molar-refractivity contribution in [1.82, 2.24) is 10.1 Å². The van der Waals surface area contributed by atoms with Crippen LogP contribution >= 0.6 is 0 Å². The molecule has 2 amide bonds. The minimum absolute atomic E-state index is 0.0999. The lowest BCUT2D eigenvalue weighted by Gasteiger charge is -2.23.